The maximum atomic E-state index is 11.6. The number of non-ortho nitro benzene ring substituents is 1. The number of nitro groups is 1. The number of rotatable bonds is 4. The van der Waals surface area contributed by atoms with Crippen molar-refractivity contribution in [3.8, 4) is 0 Å². The van der Waals surface area contributed by atoms with Gasteiger partial charge in [0.15, 0.2) is 0 Å². The zero-order valence-electron chi connectivity index (χ0n) is 8.52. The van der Waals surface area contributed by atoms with Crippen molar-refractivity contribution in [3.63, 3.8) is 0 Å². The quantitative estimate of drug-likeness (QED) is 0.648. The lowest BCUT2D eigenvalue weighted by atomic mass is 10.1. The lowest BCUT2D eigenvalue weighted by Gasteiger charge is -2.00. The Bertz CT molecular complexity index is 453. The van der Waals surface area contributed by atoms with Gasteiger partial charge < -0.3 is 5.32 Å². The Morgan fingerprint density at radius 2 is 1.94 bits per heavy atom. The molecule has 0 aliphatic heterocycles. The molecule has 7 heteroatoms. The monoisotopic (exact) mass is 242 g/mol. The van der Waals surface area contributed by atoms with Crippen molar-refractivity contribution < 1.29 is 18.5 Å². The van der Waals surface area contributed by atoms with Crippen LogP contribution in [0.25, 0.3) is 0 Å². The Hall–Kier alpha value is -2.31. The van der Waals surface area contributed by atoms with Gasteiger partial charge in [-0.3, -0.25) is 14.9 Å². The van der Waals surface area contributed by atoms with Crippen LogP contribution >= 0.6 is 0 Å². The smallest absolute Gasteiger partial charge is 0.286 e. The molecule has 0 spiro atoms. The molecule has 0 saturated heterocycles. The van der Waals surface area contributed by atoms with Gasteiger partial charge in [0.2, 0.25) is 5.91 Å². The normalized spacial score (nSPS) is 9.53. The van der Waals surface area contributed by atoms with Crippen LogP contribution < -0.4 is 5.32 Å². The summed E-state index contributed by atoms with van der Waals surface area (Å²) in [7, 11) is 0. The van der Waals surface area contributed by atoms with Gasteiger partial charge in [0.1, 0.15) is 0 Å². The third kappa shape index (κ3) is 4.37. The Balaban J connectivity index is 2.60. The summed E-state index contributed by atoms with van der Waals surface area (Å²) in [5, 5.41) is 12.2. The first-order chi connectivity index (χ1) is 7.99. The van der Waals surface area contributed by atoms with Gasteiger partial charge in [-0.15, -0.1) is 0 Å². The number of benzene rings is 1. The topological polar surface area (TPSA) is 72.2 Å². The second-order valence-electron chi connectivity index (χ2n) is 3.10. The predicted octanol–water partition coefficient (Wildman–Crippen LogP) is 1.99. The molecule has 0 heterocycles. The largest absolute Gasteiger partial charge is 0.327 e. The van der Waals surface area contributed by atoms with Crippen molar-refractivity contribution in [1.82, 2.24) is 5.32 Å². The SMILES string of the molecule is O=C(Cc1ccc([N+](=O)[O-])cc1)NC=C(F)F. The first-order valence-corrected chi connectivity index (χ1v) is 4.53. The van der Waals surface area contributed by atoms with Gasteiger partial charge in [-0.1, -0.05) is 12.1 Å². The second kappa shape index (κ2) is 5.69. The minimum atomic E-state index is -2.00. The van der Waals surface area contributed by atoms with Crippen LogP contribution in [0, 0.1) is 10.1 Å². The van der Waals surface area contributed by atoms with Crippen LogP contribution in [0.5, 0.6) is 0 Å². The molecule has 90 valence electrons. The summed E-state index contributed by atoms with van der Waals surface area (Å²) >= 11 is 0. The molecule has 5 nitrogen and oxygen atoms in total. The predicted molar refractivity (Wildman–Crippen MR) is 55.2 cm³/mol. The number of halogens is 2. The molecular weight excluding hydrogens is 234 g/mol. The molecule has 0 bridgehead atoms. The molecule has 0 radical (unpaired) electrons. The molecule has 0 fully saturated rings. The highest BCUT2D eigenvalue weighted by molar-refractivity contribution is 5.79. The van der Waals surface area contributed by atoms with E-state index in [-0.39, 0.29) is 12.1 Å². The van der Waals surface area contributed by atoms with Crippen LogP contribution in [-0.2, 0) is 11.2 Å². The molecular formula is C10H8F2N2O3. The average Bonchev–Trinajstić information content (AvgIpc) is 2.27. The van der Waals surface area contributed by atoms with Gasteiger partial charge in [0.05, 0.1) is 17.5 Å². The van der Waals surface area contributed by atoms with Gasteiger partial charge in [-0.05, 0) is 5.56 Å². The van der Waals surface area contributed by atoms with Gasteiger partial charge in [0.25, 0.3) is 11.8 Å². The van der Waals surface area contributed by atoms with E-state index < -0.39 is 16.9 Å². The molecule has 0 aromatic heterocycles. The molecule has 1 amide bonds. The fourth-order valence-electron chi connectivity index (χ4n) is 1.11. The minimum absolute atomic E-state index is 0.0937. The highest BCUT2D eigenvalue weighted by Gasteiger charge is 2.06. The zero-order chi connectivity index (χ0) is 12.8. The molecule has 0 saturated carbocycles. The van der Waals surface area contributed by atoms with E-state index in [1.165, 1.54) is 24.3 Å². The molecule has 1 aromatic rings. The Morgan fingerprint density at radius 3 is 2.41 bits per heavy atom. The third-order valence-electron chi connectivity index (χ3n) is 1.85. The summed E-state index contributed by atoms with van der Waals surface area (Å²) in [5.41, 5.74) is 0.407. The van der Waals surface area contributed by atoms with Crippen LogP contribution in [-0.4, -0.2) is 10.8 Å². The average molecular weight is 242 g/mol. The minimum Gasteiger partial charge on any atom is -0.327 e. The van der Waals surface area contributed by atoms with Gasteiger partial charge in [-0.25, -0.2) is 0 Å². The summed E-state index contributed by atoms with van der Waals surface area (Å²) in [6.07, 6.45) is -1.82. The first-order valence-electron chi connectivity index (χ1n) is 4.53. The van der Waals surface area contributed by atoms with Gasteiger partial charge >= 0.3 is 0 Å². The number of amides is 1. The van der Waals surface area contributed by atoms with E-state index in [1.54, 1.807) is 0 Å². The fourth-order valence-corrected chi connectivity index (χ4v) is 1.11. The van der Waals surface area contributed by atoms with Crippen LogP contribution in [0.15, 0.2) is 36.5 Å². The number of hydrogen-bond donors (Lipinski definition) is 1. The van der Waals surface area contributed by atoms with Crippen LogP contribution in [0.1, 0.15) is 5.56 Å². The summed E-state index contributed by atoms with van der Waals surface area (Å²) in [4.78, 5) is 20.9. The molecule has 1 rings (SSSR count). The summed E-state index contributed by atoms with van der Waals surface area (Å²) in [5.74, 6) is -0.619. The van der Waals surface area contributed by atoms with E-state index >= 15 is 0 Å². The van der Waals surface area contributed by atoms with E-state index in [0.29, 0.717) is 11.8 Å². The number of nitro benzene ring substituents is 1. The highest BCUT2D eigenvalue weighted by Crippen LogP contribution is 2.12. The van der Waals surface area contributed by atoms with E-state index in [1.807, 2.05) is 5.32 Å². The lowest BCUT2D eigenvalue weighted by Crippen LogP contribution is -2.19. The van der Waals surface area contributed by atoms with Crippen LogP contribution in [0.4, 0.5) is 14.5 Å². The molecule has 0 unspecified atom stereocenters. The van der Waals surface area contributed by atoms with E-state index in [4.69, 9.17) is 0 Å². The van der Waals surface area contributed by atoms with Crippen LogP contribution in [0.2, 0.25) is 0 Å². The number of nitrogens with one attached hydrogen (secondary N) is 1. The Morgan fingerprint density at radius 1 is 1.35 bits per heavy atom. The van der Waals surface area contributed by atoms with Gasteiger partial charge in [-0.2, -0.15) is 8.78 Å². The van der Waals surface area contributed by atoms with E-state index in [9.17, 15) is 23.7 Å². The van der Waals surface area contributed by atoms with Crippen molar-refractivity contribution >= 4 is 11.6 Å². The maximum absolute atomic E-state index is 11.6. The van der Waals surface area contributed by atoms with Crippen molar-refractivity contribution in [2.24, 2.45) is 0 Å². The van der Waals surface area contributed by atoms with E-state index in [0.717, 1.165) is 0 Å². The van der Waals surface area contributed by atoms with Gasteiger partial charge in [0, 0.05) is 12.1 Å². The number of nitrogens with zero attached hydrogens (tertiary/aromatic N) is 1. The molecule has 1 N–H and O–H groups in total. The molecule has 0 aliphatic carbocycles. The van der Waals surface area contributed by atoms with Crippen LogP contribution in [0.3, 0.4) is 0 Å². The third-order valence-corrected chi connectivity index (χ3v) is 1.85. The second-order valence-corrected chi connectivity index (χ2v) is 3.10. The first kappa shape index (κ1) is 12.8. The highest BCUT2D eigenvalue weighted by atomic mass is 19.3. The molecule has 0 atom stereocenters. The molecule has 0 aliphatic rings. The lowest BCUT2D eigenvalue weighted by molar-refractivity contribution is -0.384. The van der Waals surface area contributed by atoms with Crippen molar-refractivity contribution in [2.75, 3.05) is 0 Å². The summed E-state index contributed by atoms with van der Waals surface area (Å²) in [6.45, 7) is 0. The summed E-state index contributed by atoms with van der Waals surface area (Å²) in [6, 6.07) is 5.28. The zero-order valence-corrected chi connectivity index (χ0v) is 8.52. The van der Waals surface area contributed by atoms with Crippen molar-refractivity contribution in [3.05, 3.63) is 52.2 Å². The standard InChI is InChI=1S/C10H8F2N2O3/c11-9(12)6-13-10(15)5-7-1-3-8(4-2-7)14(16)17/h1-4,6H,5H2,(H,13,15). The molecule has 17 heavy (non-hydrogen) atoms. The fraction of sp³-hybridized carbons (Fsp3) is 0.100. The Labute approximate surface area is 94.9 Å². The van der Waals surface area contributed by atoms with Crippen molar-refractivity contribution in [1.29, 1.82) is 0 Å². The number of carbonyl (C=O) groups is 1. The maximum Gasteiger partial charge on any atom is 0.286 e. The molecule has 1 aromatic carbocycles. The Kier molecular flexibility index (Phi) is 4.27. The van der Waals surface area contributed by atoms with E-state index in [2.05, 4.69) is 0 Å². The number of carbonyl (C=O) groups excluding carboxylic acids is 1. The summed E-state index contributed by atoms with van der Waals surface area (Å²) < 4.78 is 23.3. The number of hydrogen-bond acceptors (Lipinski definition) is 3. The van der Waals surface area contributed by atoms with Crippen molar-refractivity contribution in [2.45, 2.75) is 6.42 Å².